The van der Waals surface area contributed by atoms with Crippen molar-refractivity contribution in [3.05, 3.63) is 35.5 Å². The zero-order valence-electron chi connectivity index (χ0n) is 9.09. The number of nitrogen functional groups attached to an aromatic ring is 1. The van der Waals surface area contributed by atoms with Crippen LogP contribution in [-0.4, -0.2) is 4.98 Å². The van der Waals surface area contributed by atoms with E-state index in [0.717, 1.165) is 6.07 Å². The Bertz CT molecular complexity index is 550. The quantitative estimate of drug-likeness (QED) is 0.804. The van der Waals surface area contributed by atoms with Gasteiger partial charge in [0.15, 0.2) is 11.6 Å². The number of rotatable bonds is 1. The van der Waals surface area contributed by atoms with E-state index in [4.69, 9.17) is 5.73 Å². The van der Waals surface area contributed by atoms with Crippen LogP contribution in [0.1, 0.15) is 25.5 Å². The van der Waals surface area contributed by atoms with Crippen LogP contribution in [0.5, 0.6) is 0 Å². The highest BCUT2D eigenvalue weighted by Gasteiger charge is 2.15. The summed E-state index contributed by atoms with van der Waals surface area (Å²) in [7, 11) is 0. The van der Waals surface area contributed by atoms with E-state index in [2.05, 4.69) is 4.98 Å². The molecule has 0 amide bonds. The van der Waals surface area contributed by atoms with Crippen molar-refractivity contribution >= 4 is 16.6 Å². The number of halogens is 2. The molecule has 0 atom stereocenters. The Hall–Kier alpha value is -1.71. The first kappa shape index (κ1) is 10.8. The van der Waals surface area contributed by atoms with Crippen molar-refractivity contribution in [1.82, 2.24) is 4.98 Å². The number of nitrogens with zero attached hydrogens (tertiary/aromatic N) is 1. The average molecular weight is 222 g/mol. The first-order valence-corrected chi connectivity index (χ1v) is 5.05. The molecule has 0 aliphatic heterocycles. The van der Waals surface area contributed by atoms with Gasteiger partial charge in [0.2, 0.25) is 0 Å². The van der Waals surface area contributed by atoms with Crippen molar-refractivity contribution in [2.75, 3.05) is 5.73 Å². The van der Waals surface area contributed by atoms with E-state index in [1.165, 1.54) is 6.07 Å². The Morgan fingerprint density at radius 1 is 1.25 bits per heavy atom. The van der Waals surface area contributed by atoms with Crippen molar-refractivity contribution in [3.8, 4) is 0 Å². The number of fused-ring (bicyclic) bond motifs is 1. The van der Waals surface area contributed by atoms with Crippen LogP contribution in [0.15, 0.2) is 18.2 Å². The van der Waals surface area contributed by atoms with Crippen LogP contribution in [0, 0.1) is 11.6 Å². The Morgan fingerprint density at radius 2 is 1.94 bits per heavy atom. The zero-order valence-corrected chi connectivity index (χ0v) is 9.09. The molecule has 0 aliphatic rings. The van der Waals surface area contributed by atoms with Gasteiger partial charge < -0.3 is 5.73 Å². The molecular weight excluding hydrogens is 210 g/mol. The summed E-state index contributed by atoms with van der Waals surface area (Å²) >= 11 is 0. The van der Waals surface area contributed by atoms with Gasteiger partial charge in [0, 0.05) is 5.39 Å². The molecular formula is C12H12F2N2. The van der Waals surface area contributed by atoms with Crippen LogP contribution in [0.25, 0.3) is 10.8 Å². The molecule has 2 N–H and O–H groups in total. The number of benzene rings is 1. The van der Waals surface area contributed by atoms with Crippen LogP contribution >= 0.6 is 0 Å². The molecule has 0 saturated heterocycles. The molecule has 0 fully saturated rings. The number of aromatic nitrogens is 1. The third kappa shape index (κ3) is 1.60. The summed E-state index contributed by atoms with van der Waals surface area (Å²) in [6.07, 6.45) is 0. The number of hydrogen-bond donors (Lipinski definition) is 1. The van der Waals surface area contributed by atoms with E-state index in [1.807, 2.05) is 13.8 Å². The van der Waals surface area contributed by atoms with Gasteiger partial charge in [-0.2, -0.15) is 0 Å². The molecule has 4 heteroatoms. The van der Waals surface area contributed by atoms with Crippen molar-refractivity contribution < 1.29 is 8.78 Å². The summed E-state index contributed by atoms with van der Waals surface area (Å²) in [5, 5.41) is 0.805. The predicted octanol–water partition coefficient (Wildman–Crippen LogP) is 3.22. The molecule has 1 heterocycles. The van der Waals surface area contributed by atoms with Crippen molar-refractivity contribution in [2.24, 2.45) is 0 Å². The zero-order chi connectivity index (χ0) is 11.9. The van der Waals surface area contributed by atoms with Crippen molar-refractivity contribution in [3.63, 3.8) is 0 Å². The Kier molecular flexibility index (Phi) is 2.50. The van der Waals surface area contributed by atoms with Crippen molar-refractivity contribution in [1.29, 1.82) is 0 Å². The molecule has 0 radical (unpaired) electrons. The van der Waals surface area contributed by atoms with Gasteiger partial charge in [-0.05, 0) is 23.4 Å². The highest BCUT2D eigenvalue weighted by molar-refractivity contribution is 5.87. The molecule has 0 bridgehead atoms. The summed E-state index contributed by atoms with van der Waals surface area (Å²) in [6.45, 7) is 3.73. The molecule has 84 valence electrons. The third-order valence-electron chi connectivity index (χ3n) is 2.48. The Morgan fingerprint density at radius 3 is 2.56 bits per heavy atom. The van der Waals surface area contributed by atoms with Gasteiger partial charge in [-0.1, -0.05) is 19.9 Å². The Labute approximate surface area is 92.1 Å². The third-order valence-corrected chi connectivity index (χ3v) is 2.48. The lowest BCUT2D eigenvalue weighted by atomic mass is 10.0. The highest BCUT2D eigenvalue weighted by atomic mass is 19.2. The standard InChI is InChI=1S/C12H12F2N2/c1-6(2)12-10-7(5-9(15)16-12)3-4-8(13)11(10)14/h3-6H,1-2H3,(H2,15,16). The van der Waals surface area contributed by atoms with E-state index >= 15 is 0 Å². The number of pyridine rings is 1. The molecule has 1 aromatic heterocycles. The second-order valence-electron chi connectivity index (χ2n) is 4.05. The van der Waals surface area contributed by atoms with Crippen LogP contribution in [-0.2, 0) is 0 Å². The molecule has 16 heavy (non-hydrogen) atoms. The SMILES string of the molecule is CC(C)c1nc(N)cc2ccc(F)c(F)c12. The van der Waals surface area contributed by atoms with Gasteiger partial charge in [0.1, 0.15) is 5.82 Å². The van der Waals surface area contributed by atoms with E-state index in [9.17, 15) is 8.78 Å². The second-order valence-corrected chi connectivity index (χ2v) is 4.05. The minimum Gasteiger partial charge on any atom is -0.384 e. The predicted molar refractivity (Wildman–Crippen MR) is 60.2 cm³/mol. The fourth-order valence-corrected chi connectivity index (χ4v) is 1.75. The van der Waals surface area contributed by atoms with Crippen molar-refractivity contribution in [2.45, 2.75) is 19.8 Å². The number of anilines is 1. The summed E-state index contributed by atoms with van der Waals surface area (Å²) in [5.74, 6) is -1.40. The molecule has 0 spiro atoms. The lowest BCUT2D eigenvalue weighted by molar-refractivity contribution is 0.516. The maximum absolute atomic E-state index is 13.7. The van der Waals surface area contributed by atoms with Gasteiger partial charge in [0.25, 0.3) is 0 Å². The normalized spacial score (nSPS) is 11.3. The van der Waals surface area contributed by atoms with E-state index in [1.54, 1.807) is 6.07 Å². The van der Waals surface area contributed by atoms with Gasteiger partial charge in [-0.3, -0.25) is 0 Å². The second kappa shape index (κ2) is 3.70. The first-order chi connectivity index (χ1) is 7.50. The largest absolute Gasteiger partial charge is 0.384 e. The molecule has 2 nitrogen and oxygen atoms in total. The van der Waals surface area contributed by atoms with Crippen LogP contribution < -0.4 is 5.73 Å². The lowest BCUT2D eigenvalue weighted by Crippen LogP contribution is -2.01. The average Bonchev–Trinajstić information content (AvgIpc) is 2.22. The van der Waals surface area contributed by atoms with Gasteiger partial charge in [-0.15, -0.1) is 0 Å². The minimum atomic E-state index is -0.860. The highest BCUT2D eigenvalue weighted by Crippen LogP contribution is 2.28. The van der Waals surface area contributed by atoms with Gasteiger partial charge in [0.05, 0.1) is 5.69 Å². The minimum absolute atomic E-state index is 0.0118. The van der Waals surface area contributed by atoms with E-state index in [-0.39, 0.29) is 11.3 Å². The molecule has 0 unspecified atom stereocenters. The van der Waals surface area contributed by atoms with E-state index in [0.29, 0.717) is 16.9 Å². The smallest absolute Gasteiger partial charge is 0.168 e. The number of nitrogens with two attached hydrogens (primary N) is 1. The summed E-state index contributed by atoms with van der Waals surface area (Å²) < 4.78 is 26.9. The van der Waals surface area contributed by atoms with E-state index < -0.39 is 11.6 Å². The Balaban J connectivity index is 2.92. The first-order valence-electron chi connectivity index (χ1n) is 5.05. The van der Waals surface area contributed by atoms with Gasteiger partial charge >= 0.3 is 0 Å². The summed E-state index contributed by atoms with van der Waals surface area (Å²) in [6, 6.07) is 4.16. The van der Waals surface area contributed by atoms with Crippen LogP contribution in [0.2, 0.25) is 0 Å². The fourth-order valence-electron chi connectivity index (χ4n) is 1.75. The fraction of sp³-hybridized carbons (Fsp3) is 0.250. The maximum Gasteiger partial charge on any atom is 0.168 e. The molecule has 2 rings (SSSR count). The molecule has 0 saturated carbocycles. The molecule has 1 aromatic carbocycles. The lowest BCUT2D eigenvalue weighted by Gasteiger charge is -2.11. The molecule has 0 aliphatic carbocycles. The van der Waals surface area contributed by atoms with Crippen LogP contribution in [0.3, 0.4) is 0 Å². The monoisotopic (exact) mass is 222 g/mol. The number of hydrogen-bond acceptors (Lipinski definition) is 2. The van der Waals surface area contributed by atoms with Crippen LogP contribution in [0.4, 0.5) is 14.6 Å². The van der Waals surface area contributed by atoms with Gasteiger partial charge in [-0.25, -0.2) is 13.8 Å². The summed E-state index contributed by atoms with van der Waals surface area (Å²) in [4.78, 5) is 4.07. The molecule has 2 aromatic rings. The topological polar surface area (TPSA) is 38.9 Å². The summed E-state index contributed by atoms with van der Waals surface area (Å²) in [5.41, 5.74) is 6.12. The maximum atomic E-state index is 13.7.